The first-order valence-electron chi connectivity index (χ1n) is 11.5. The Bertz CT molecular complexity index is 1410. The topological polar surface area (TPSA) is 120 Å². The standard InChI is InChI=1S/C26H32N6O3/c1-15-12-16(2)21(17(3)13-15)30-24-23(35-5)22-20-7-6-19(34-4)14-18(20)8-10-31(22)26(33)32(24)11-9-29-25(27)28/h6-7,12-14H,8-11H2,1-5H3,(H4,27,28,29)/b30-24-. The predicted molar refractivity (Wildman–Crippen MR) is 137 cm³/mol. The number of rotatable bonds is 6. The molecule has 184 valence electrons. The molecular weight excluding hydrogens is 444 g/mol. The Kier molecular flexibility index (Phi) is 6.68. The zero-order valence-electron chi connectivity index (χ0n) is 20.9. The average molecular weight is 477 g/mol. The molecule has 0 spiro atoms. The van der Waals surface area contributed by atoms with Crippen molar-refractivity contribution in [1.82, 2.24) is 14.5 Å². The summed E-state index contributed by atoms with van der Waals surface area (Å²) in [5, 5.41) is 10.3. The van der Waals surface area contributed by atoms with Crippen molar-refractivity contribution in [3.8, 4) is 22.8 Å². The van der Waals surface area contributed by atoms with E-state index in [0.717, 1.165) is 39.3 Å². The van der Waals surface area contributed by atoms with Crippen LogP contribution >= 0.6 is 0 Å². The minimum Gasteiger partial charge on any atom is -0.497 e. The number of aromatic nitrogens is 2. The fourth-order valence-electron chi connectivity index (χ4n) is 4.78. The van der Waals surface area contributed by atoms with E-state index in [0.29, 0.717) is 36.4 Å². The van der Waals surface area contributed by atoms with Crippen molar-refractivity contribution in [3.05, 3.63) is 68.6 Å². The molecule has 2 heterocycles. The second kappa shape index (κ2) is 9.69. The van der Waals surface area contributed by atoms with Crippen molar-refractivity contribution in [1.29, 1.82) is 5.41 Å². The first-order chi connectivity index (χ1) is 16.7. The highest BCUT2D eigenvalue weighted by molar-refractivity contribution is 5.74. The lowest BCUT2D eigenvalue weighted by molar-refractivity contribution is 0.386. The summed E-state index contributed by atoms with van der Waals surface area (Å²) in [6.45, 7) is 7.16. The minimum atomic E-state index is -0.186. The van der Waals surface area contributed by atoms with E-state index in [1.54, 1.807) is 23.4 Å². The van der Waals surface area contributed by atoms with Crippen molar-refractivity contribution in [2.75, 3.05) is 20.8 Å². The highest BCUT2D eigenvalue weighted by Crippen LogP contribution is 2.35. The second-order valence-electron chi connectivity index (χ2n) is 8.76. The van der Waals surface area contributed by atoms with E-state index in [-0.39, 0.29) is 18.2 Å². The van der Waals surface area contributed by atoms with Gasteiger partial charge in [-0.1, -0.05) is 17.7 Å². The van der Waals surface area contributed by atoms with E-state index in [9.17, 15) is 4.79 Å². The van der Waals surface area contributed by atoms with Crippen molar-refractivity contribution in [2.45, 2.75) is 40.3 Å². The van der Waals surface area contributed by atoms with Crippen LogP contribution in [-0.4, -0.2) is 35.9 Å². The van der Waals surface area contributed by atoms with E-state index in [2.05, 4.69) is 24.4 Å². The van der Waals surface area contributed by atoms with Gasteiger partial charge in [-0.3, -0.25) is 14.5 Å². The summed E-state index contributed by atoms with van der Waals surface area (Å²) in [5.74, 6) is 1.15. The Labute approximate surface area is 204 Å². The van der Waals surface area contributed by atoms with Crippen LogP contribution in [-0.2, 0) is 19.5 Å². The number of nitrogens with two attached hydrogens (primary N) is 1. The molecule has 1 aliphatic heterocycles. The number of guanidine groups is 1. The number of nitrogens with zero attached hydrogens (tertiary/aromatic N) is 3. The molecule has 0 saturated carbocycles. The second-order valence-corrected chi connectivity index (χ2v) is 8.76. The first kappa shape index (κ1) is 24.1. The summed E-state index contributed by atoms with van der Waals surface area (Å²) in [6.07, 6.45) is 0.695. The Morgan fingerprint density at radius 3 is 2.49 bits per heavy atom. The van der Waals surface area contributed by atoms with Gasteiger partial charge < -0.3 is 20.5 Å². The molecular formula is C26H32N6O3. The molecule has 2 aromatic carbocycles. The Morgan fingerprint density at radius 2 is 1.86 bits per heavy atom. The van der Waals surface area contributed by atoms with Gasteiger partial charge in [0.15, 0.2) is 17.2 Å². The van der Waals surface area contributed by atoms with Crippen LogP contribution in [0.25, 0.3) is 11.3 Å². The predicted octanol–water partition coefficient (Wildman–Crippen LogP) is 2.53. The molecule has 0 aliphatic carbocycles. The van der Waals surface area contributed by atoms with E-state index in [1.165, 1.54) is 0 Å². The Hall–Kier alpha value is -4.01. The molecule has 9 heteroatoms. The summed E-state index contributed by atoms with van der Waals surface area (Å²) in [7, 11) is 3.25. The maximum atomic E-state index is 13.8. The van der Waals surface area contributed by atoms with Crippen LogP contribution in [0.3, 0.4) is 0 Å². The lowest BCUT2D eigenvalue weighted by Crippen LogP contribution is -2.45. The summed E-state index contributed by atoms with van der Waals surface area (Å²) in [6, 6.07) is 10.0. The van der Waals surface area contributed by atoms with E-state index in [4.69, 9.17) is 25.6 Å². The zero-order chi connectivity index (χ0) is 25.3. The van der Waals surface area contributed by atoms with Gasteiger partial charge in [0.1, 0.15) is 5.75 Å². The van der Waals surface area contributed by atoms with E-state index in [1.807, 2.05) is 32.0 Å². The number of benzene rings is 2. The van der Waals surface area contributed by atoms with Crippen molar-refractivity contribution in [3.63, 3.8) is 0 Å². The zero-order valence-corrected chi connectivity index (χ0v) is 20.9. The van der Waals surface area contributed by atoms with E-state index >= 15 is 0 Å². The Morgan fingerprint density at radius 1 is 1.14 bits per heavy atom. The number of ether oxygens (including phenoxy) is 2. The van der Waals surface area contributed by atoms with Gasteiger partial charge in [0.25, 0.3) is 0 Å². The molecule has 4 N–H and O–H groups in total. The van der Waals surface area contributed by atoms with Crippen molar-refractivity contribution in [2.24, 2.45) is 10.7 Å². The van der Waals surface area contributed by atoms with Gasteiger partial charge in [0, 0.05) is 25.2 Å². The van der Waals surface area contributed by atoms with Gasteiger partial charge in [0.2, 0.25) is 0 Å². The van der Waals surface area contributed by atoms with Crippen LogP contribution < -0.4 is 31.7 Å². The van der Waals surface area contributed by atoms with Gasteiger partial charge in [-0.15, -0.1) is 0 Å². The molecule has 4 rings (SSSR count). The largest absolute Gasteiger partial charge is 0.497 e. The normalized spacial score (nSPS) is 12.7. The number of fused-ring (bicyclic) bond motifs is 3. The number of methoxy groups -OCH3 is 2. The summed E-state index contributed by atoms with van der Waals surface area (Å²) in [5.41, 5.74) is 12.4. The van der Waals surface area contributed by atoms with E-state index < -0.39 is 0 Å². The molecule has 0 atom stereocenters. The molecule has 35 heavy (non-hydrogen) atoms. The van der Waals surface area contributed by atoms with Gasteiger partial charge in [0.05, 0.1) is 25.6 Å². The van der Waals surface area contributed by atoms with Gasteiger partial charge in [-0.25, -0.2) is 9.79 Å². The van der Waals surface area contributed by atoms with Crippen LogP contribution in [0, 0.1) is 26.2 Å². The van der Waals surface area contributed by atoms with Crippen LogP contribution in [0.1, 0.15) is 22.3 Å². The molecule has 0 amide bonds. The van der Waals surface area contributed by atoms with Crippen molar-refractivity contribution >= 4 is 11.6 Å². The maximum absolute atomic E-state index is 13.8. The lowest BCUT2D eigenvalue weighted by atomic mass is 9.97. The van der Waals surface area contributed by atoms with Gasteiger partial charge in [-0.05, 0) is 62.1 Å². The maximum Gasteiger partial charge on any atom is 0.330 e. The average Bonchev–Trinajstić information content (AvgIpc) is 2.82. The molecule has 0 unspecified atom stereocenters. The van der Waals surface area contributed by atoms with Crippen molar-refractivity contribution < 1.29 is 9.47 Å². The third-order valence-corrected chi connectivity index (χ3v) is 6.29. The quantitative estimate of drug-likeness (QED) is 0.373. The van der Waals surface area contributed by atoms with Gasteiger partial charge in [-0.2, -0.15) is 0 Å². The van der Waals surface area contributed by atoms with Crippen LogP contribution in [0.4, 0.5) is 5.69 Å². The molecule has 1 aromatic heterocycles. The third kappa shape index (κ3) is 4.53. The first-order valence-corrected chi connectivity index (χ1v) is 11.5. The fourth-order valence-corrected chi connectivity index (χ4v) is 4.78. The van der Waals surface area contributed by atoms with Crippen LogP contribution in [0.15, 0.2) is 40.1 Å². The summed E-state index contributed by atoms with van der Waals surface area (Å²) >= 11 is 0. The number of aryl methyl sites for hydroxylation is 4. The Balaban J connectivity index is 2.06. The van der Waals surface area contributed by atoms with Gasteiger partial charge >= 0.3 is 5.69 Å². The SMILES string of the molecule is COc1ccc2c(c1)CCn1c-2c(OC)/c(=N/c2c(C)cc(C)cc2C)n(CCNC(=N)N)c1=O. The smallest absolute Gasteiger partial charge is 0.330 e. The molecule has 0 fully saturated rings. The number of hydrogen-bond donors (Lipinski definition) is 3. The molecule has 1 aliphatic rings. The highest BCUT2D eigenvalue weighted by Gasteiger charge is 2.26. The highest BCUT2D eigenvalue weighted by atomic mass is 16.5. The third-order valence-electron chi connectivity index (χ3n) is 6.29. The molecule has 9 nitrogen and oxygen atoms in total. The lowest BCUT2D eigenvalue weighted by Gasteiger charge is -2.26. The monoisotopic (exact) mass is 476 g/mol. The molecule has 0 bridgehead atoms. The minimum absolute atomic E-state index is 0.151. The van der Waals surface area contributed by atoms with Crippen LogP contribution in [0.2, 0.25) is 0 Å². The number of hydrogen-bond acceptors (Lipinski definition) is 5. The fraction of sp³-hybridized carbons (Fsp3) is 0.346. The summed E-state index contributed by atoms with van der Waals surface area (Å²) in [4.78, 5) is 18.8. The number of nitrogens with one attached hydrogen (secondary N) is 2. The molecule has 3 aromatic rings. The van der Waals surface area contributed by atoms with Crippen LogP contribution in [0.5, 0.6) is 11.5 Å². The molecule has 0 saturated heterocycles. The molecule has 0 radical (unpaired) electrons. The summed E-state index contributed by atoms with van der Waals surface area (Å²) < 4.78 is 14.7.